The number of morpholine rings is 1. The monoisotopic (exact) mass is 371 g/mol. The zero-order valence-electron chi connectivity index (χ0n) is 15.3. The van der Waals surface area contributed by atoms with E-state index < -0.39 is 0 Å². The van der Waals surface area contributed by atoms with E-state index in [-0.39, 0.29) is 12.1 Å². The van der Waals surface area contributed by atoms with Crippen LogP contribution in [0.4, 0.5) is 10.7 Å². The molecule has 9 heteroatoms. The first-order chi connectivity index (χ1) is 13.3. The van der Waals surface area contributed by atoms with Crippen LogP contribution in [0.1, 0.15) is 24.6 Å². The molecule has 0 aromatic carbocycles. The fourth-order valence-electron chi connectivity index (χ4n) is 3.45. The molecule has 0 aliphatic carbocycles. The molecule has 2 amide bonds. The topological polar surface area (TPSA) is 88.4 Å². The Morgan fingerprint density at radius 1 is 1.26 bits per heavy atom. The molecule has 0 bridgehead atoms. The number of rotatable bonds is 5. The first-order valence-corrected chi connectivity index (χ1v) is 9.47. The highest BCUT2D eigenvalue weighted by atomic mass is 16.5. The molecule has 0 unspecified atom stereocenters. The summed E-state index contributed by atoms with van der Waals surface area (Å²) in [7, 11) is 0. The second-order valence-electron chi connectivity index (χ2n) is 6.81. The highest BCUT2D eigenvalue weighted by molar-refractivity contribution is 5.74. The van der Waals surface area contributed by atoms with Crippen molar-refractivity contribution in [2.75, 3.05) is 44.2 Å². The van der Waals surface area contributed by atoms with Crippen LogP contribution in [0.25, 0.3) is 0 Å². The van der Waals surface area contributed by atoms with Crippen LogP contribution in [0, 0.1) is 0 Å². The summed E-state index contributed by atoms with van der Waals surface area (Å²) in [5, 5.41) is 2.96. The number of hydrogen-bond donors (Lipinski definition) is 1. The predicted molar refractivity (Wildman–Crippen MR) is 99.4 cm³/mol. The second kappa shape index (κ2) is 8.34. The molecule has 144 valence electrons. The summed E-state index contributed by atoms with van der Waals surface area (Å²) >= 11 is 0. The maximum Gasteiger partial charge on any atom is 0.317 e. The third kappa shape index (κ3) is 4.36. The Balaban J connectivity index is 1.33. The number of carbonyl (C=O) groups excluding carboxylic acids is 1. The summed E-state index contributed by atoms with van der Waals surface area (Å²) in [6, 6.07) is 1.81. The molecule has 27 heavy (non-hydrogen) atoms. The number of urea groups is 1. The van der Waals surface area contributed by atoms with Gasteiger partial charge in [0.1, 0.15) is 6.10 Å². The van der Waals surface area contributed by atoms with Gasteiger partial charge in [-0.15, -0.1) is 0 Å². The molecule has 0 spiro atoms. The maximum atomic E-state index is 12.5. The van der Waals surface area contributed by atoms with Gasteiger partial charge in [-0.25, -0.2) is 19.7 Å². The zero-order chi connectivity index (χ0) is 18.5. The number of carbonyl (C=O) groups is 1. The number of nitrogens with one attached hydrogen (secondary N) is 1. The van der Waals surface area contributed by atoms with E-state index in [4.69, 9.17) is 4.74 Å². The van der Waals surface area contributed by atoms with Gasteiger partial charge in [0, 0.05) is 51.3 Å². The Morgan fingerprint density at radius 3 is 2.96 bits per heavy atom. The summed E-state index contributed by atoms with van der Waals surface area (Å²) in [5.41, 5.74) is 0.836. The van der Waals surface area contributed by atoms with Gasteiger partial charge in [0.2, 0.25) is 5.95 Å². The van der Waals surface area contributed by atoms with Gasteiger partial charge in [-0.2, -0.15) is 0 Å². The highest BCUT2D eigenvalue weighted by Gasteiger charge is 2.27. The van der Waals surface area contributed by atoms with Crippen LogP contribution in [-0.2, 0) is 11.3 Å². The van der Waals surface area contributed by atoms with Crippen LogP contribution in [0.3, 0.4) is 0 Å². The van der Waals surface area contributed by atoms with Crippen molar-refractivity contribution in [1.82, 2.24) is 29.7 Å². The number of ether oxygens (including phenoxy) is 1. The molecule has 2 saturated heterocycles. The van der Waals surface area contributed by atoms with Gasteiger partial charge in [0.25, 0.3) is 0 Å². The van der Waals surface area contributed by atoms with Crippen LogP contribution in [0.2, 0.25) is 0 Å². The first-order valence-electron chi connectivity index (χ1n) is 9.47. The van der Waals surface area contributed by atoms with Crippen molar-refractivity contribution < 1.29 is 9.53 Å². The summed E-state index contributed by atoms with van der Waals surface area (Å²) in [4.78, 5) is 29.5. The van der Waals surface area contributed by atoms with Gasteiger partial charge in [0.05, 0.1) is 25.2 Å². The van der Waals surface area contributed by atoms with E-state index in [0.717, 1.165) is 24.7 Å². The molecule has 2 aliphatic rings. The normalized spacial score (nSPS) is 20.1. The second-order valence-corrected chi connectivity index (χ2v) is 6.81. The predicted octanol–water partition coefficient (Wildman–Crippen LogP) is 1.06. The average Bonchev–Trinajstić information content (AvgIpc) is 3.42. The van der Waals surface area contributed by atoms with Gasteiger partial charge >= 0.3 is 6.03 Å². The number of imidazole rings is 1. The number of aromatic nitrogens is 4. The van der Waals surface area contributed by atoms with Crippen molar-refractivity contribution in [1.29, 1.82) is 0 Å². The van der Waals surface area contributed by atoms with Gasteiger partial charge in [-0.05, 0) is 18.9 Å². The van der Waals surface area contributed by atoms with E-state index >= 15 is 0 Å². The highest BCUT2D eigenvalue weighted by Crippen LogP contribution is 2.23. The summed E-state index contributed by atoms with van der Waals surface area (Å²) < 4.78 is 7.82. The summed E-state index contributed by atoms with van der Waals surface area (Å²) in [6.45, 7) is 4.84. The lowest BCUT2D eigenvalue weighted by molar-refractivity contribution is -0.0176. The standard InChI is InChI=1S/C18H25N7O2/c26-18(21-6-10-23-9-5-19-14-23)25-11-12-27-16(13-25)15-3-4-20-17(22-15)24-7-1-2-8-24/h3-5,9,14,16H,1-2,6-8,10-13H2,(H,21,26)/t16-/m0/s1. The molecule has 0 saturated carbocycles. The molecular formula is C18H25N7O2. The van der Waals surface area contributed by atoms with Crippen LogP contribution in [0.15, 0.2) is 31.0 Å². The first kappa shape index (κ1) is 17.7. The smallest absolute Gasteiger partial charge is 0.317 e. The van der Waals surface area contributed by atoms with Crippen LogP contribution >= 0.6 is 0 Å². The Bertz CT molecular complexity index is 746. The van der Waals surface area contributed by atoms with Crippen molar-refractivity contribution in [3.05, 3.63) is 36.7 Å². The number of hydrogen-bond acceptors (Lipinski definition) is 6. The molecule has 2 fully saturated rings. The molecule has 1 atom stereocenters. The molecule has 2 aromatic heterocycles. The lowest BCUT2D eigenvalue weighted by atomic mass is 10.2. The number of amides is 2. The molecule has 4 heterocycles. The van der Waals surface area contributed by atoms with E-state index in [1.165, 1.54) is 12.8 Å². The minimum Gasteiger partial charge on any atom is -0.368 e. The Kier molecular flexibility index (Phi) is 5.47. The molecule has 2 aliphatic heterocycles. The van der Waals surface area contributed by atoms with Crippen molar-refractivity contribution in [2.24, 2.45) is 0 Å². The number of anilines is 1. The molecule has 4 rings (SSSR count). The maximum absolute atomic E-state index is 12.5. The molecule has 0 radical (unpaired) electrons. The summed E-state index contributed by atoms with van der Waals surface area (Å²) in [5.74, 6) is 0.760. The van der Waals surface area contributed by atoms with E-state index in [1.54, 1.807) is 23.6 Å². The zero-order valence-corrected chi connectivity index (χ0v) is 15.3. The fraction of sp³-hybridized carbons (Fsp3) is 0.556. The van der Waals surface area contributed by atoms with Gasteiger partial charge in [0.15, 0.2) is 0 Å². The third-order valence-corrected chi connectivity index (χ3v) is 4.94. The van der Waals surface area contributed by atoms with Gasteiger partial charge < -0.3 is 24.4 Å². The molecule has 2 aromatic rings. The molecular weight excluding hydrogens is 346 g/mol. The van der Waals surface area contributed by atoms with Crippen molar-refractivity contribution in [3.63, 3.8) is 0 Å². The van der Waals surface area contributed by atoms with Crippen molar-refractivity contribution in [2.45, 2.75) is 25.5 Å². The van der Waals surface area contributed by atoms with E-state index in [0.29, 0.717) is 32.8 Å². The SMILES string of the molecule is O=C(NCCn1ccnc1)N1CCO[C@H](c2ccnc(N3CCCC3)n2)C1. The largest absolute Gasteiger partial charge is 0.368 e. The average molecular weight is 371 g/mol. The third-order valence-electron chi connectivity index (χ3n) is 4.94. The minimum absolute atomic E-state index is 0.0720. The summed E-state index contributed by atoms with van der Waals surface area (Å²) in [6.07, 6.45) is 9.27. The van der Waals surface area contributed by atoms with E-state index in [9.17, 15) is 4.79 Å². The van der Waals surface area contributed by atoms with Crippen molar-refractivity contribution >= 4 is 12.0 Å². The lowest BCUT2D eigenvalue weighted by Gasteiger charge is -2.33. The van der Waals surface area contributed by atoms with Gasteiger partial charge in [-0.3, -0.25) is 0 Å². The minimum atomic E-state index is -0.220. The van der Waals surface area contributed by atoms with Gasteiger partial charge in [-0.1, -0.05) is 0 Å². The van der Waals surface area contributed by atoms with E-state index in [2.05, 4.69) is 25.2 Å². The molecule has 1 N–H and O–H groups in total. The Labute approximate surface area is 158 Å². The van der Waals surface area contributed by atoms with Crippen LogP contribution in [-0.4, -0.2) is 69.8 Å². The number of nitrogens with zero attached hydrogens (tertiary/aromatic N) is 6. The van der Waals surface area contributed by atoms with E-state index in [1.807, 2.05) is 16.8 Å². The van der Waals surface area contributed by atoms with Crippen LogP contribution < -0.4 is 10.2 Å². The molecule has 9 nitrogen and oxygen atoms in total. The lowest BCUT2D eigenvalue weighted by Crippen LogP contribution is -2.47. The van der Waals surface area contributed by atoms with Crippen LogP contribution in [0.5, 0.6) is 0 Å². The Morgan fingerprint density at radius 2 is 2.15 bits per heavy atom. The fourth-order valence-corrected chi connectivity index (χ4v) is 3.45. The quantitative estimate of drug-likeness (QED) is 0.845. The van der Waals surface area contributed by atoms with Crippen molar-refractivity contribution in [3.8, 4) is 0 Å². The Hall–Kier alpha value is -2.68.